The van der Waals surface area contributed by atoms with E-state index in [1.165, 1.54) is 4.90 Å². The molecule has 3 rings (SSSR count). The molecule has 1 fully saturated rings. The Labute approximate surface area is 146 Å². The molecule has 1 aromatic carbocycles. The second-order valence-electron chi connectivity index (χ2n) is 6.67. The fourth-order valence-corrected chi connectivity index (χ4v) is 2.91. The maximum atomic E-state index is 13.1. The summed E-state index contributed by atoms with van der Waals surface area (Å²) < 4.78 is 5.27. The SMILES string of the molecule is COc1ccc2nc(C3CC3)cc(C(=O)N(CC(=O)O)C(C)C)c2c1. The number of rotatable bonds is 6. The second-order valence-corrected chi connectivity index (χ2v) is 6.67. The average molecular weight is 342 g/mol. The molecule has 1 heterocycles. The number of hydrogen-bond donors (Lipinski definition) is 1. The number of carboxylic acids is 1. The number of carbonyl (C=O) groups excluding carboxylic acids is 1. The van der Waals surface area contributed by atoms with Gasteiger partial charge in [0.15, 0.2) is 0 Å². The van der Waals surface area contributed by atoms with Crippen LogP contribution in [-0.2, 0) is 4.79 Å². The Bertz CT molecular complexity index is 828. The molecule has 25 heavy (non-hydrogen) atoms. The fourth-order valence-electron chi connectivity index (χ4n) is 2.91. The molecular weight excluding hydrogens is 320 g/mol. The minimum atomic E-state index is -1.03. The third-order valence-electron chi connectivity index (χ3n) is 4.45. The van der Waals surface area contributed by atoms with E-state index in [9.17, 15) is 9.59 Å². The molecule has 1 saturated carbocycles. The third kappa shape index (κ3) is 3.57. The highest BCUT2D eigenvalue weighted by Crippen LogP contribution is 2.40. The van der Waals surface area contributed by atoms with Crippen LogP contribution in [0.3, 0.4) is 0 Å². The van der Waals surface area contributed by atoms with Crippen LogP contribution >= 0.6 is 0 Å². The second kappa shape index (κ2) is 6.70. The number of nitrogens with zero attached hydrogens (tertiary/aromatic N) is 2. The van der Waals surface area contributed by atoms with E-state index in [1.54, 1.807) is 13.2 Å². The van der Waals surface area contributed by atoms with Crippen molar-refractivity contribution in [2.24, 2.45) is 0 Å². The van der Waals surface area contributed by atoms with Crippen LogP contribution in [0.25, 0.3) is 10.9 Å². The molecule has 0 unspecified atom stereocenters. The summed E-state index contributed by atoms with van der Waals surface area (Å²) in [5.41, 5.74) is 2.12. The summed E-state index contributed by atoms with van der Waals surface area (Å²) in [6.45, 7) is 3.29. The van der Waals surface area contributed by atoms with Crippen LogP contribution in [0.1, 0.15) is 48.7 Å². The van der Waals surface area contributed by atoms with E-state index in [-0.39, 0.29) is 18.5 Å². The zero-order chi connectivity index (χ0) is 18.1. The summed E-state index contributed by atoms with van der Waals surface area (Å²) in [5.74, 6) is -0.290. The zero-order valence-corrected chi connectivity index (χ0v) is 14.7. The van der Waals surface area contributed by atoms with Crippen LogP contribution in [-0.4, -0.2) is 46.6 Å². The van der Waals surface area contributed by atoms with Gasteiger partial charge < -0.3 is 14.7 Å². The minimum absolute atomic E-state index is 0.221. The highest BCUT2D eigenvalue weighted by molar-refractivity contribution is 6.07. The monoisotopic (exact) mass is 342 g/mol. The van der Waals surface area contributed by atoms with Crippen molar-refractivity contribution in [3.63, 3.8) is 0 Å². The molecule has 0 bridgehead atoms. The fraction of sp³-hybridized carbons (Fsp3) is 0.421. The minimum Gasteiger partial charge on any atom is -0.497 e. The number of carbonyl (C=O) groups is 2. The number of hydrogen-bond acceptors (Lipinski definition) is 4. The van der Waals surface area contributed by atoms with Crippen molar-refractivity contribution in [1.29, 1.82) is 0 Å². The molecular formula is C19H22N2O4. The van der Waals surface area contributed by atoms with Crippen molar-refractivity contribution in [1.82, 2.24) is 9.88 Å². The van der Waals surface area contributed by atoms with E-state index in [2.05, 4.69) is 4.98 Å². The van der Waals surface area contributed by atoms with Gasteiger partial charge in [-0.05, 0) is 51.0 Å². The normalized spacial score (nSPS) is 13.9. The van der Waals surface area contributed by atoms with Crippen molar-refractivity contribution in [3.05, 3.63) is 35.5 Å². The van der Waals surface area contributed by atoms with E-state index in [1.807, 2.05) is 32.0 Å². The lowest BCUT2D eigenvalue weighted by molar-refractivity contribution is -0.138. The Morgan fingerprint density at radius 2 is 2.04 bits per heavy atom. The van der Waals surface area contributed by atoms with Crippen molar-refractivity contribution in [2.75, 3.05) is 13.7 Å². The third-order valence-corrected chi connectivity index (χ3v) is 4.45. The molecule has 0 atom stereocenters. The lowest BCUT2D eigenvalue weighted by Crippen LogP contribution is -2.40. The van der Waals surface area contributed by atoms with Crippen LogP contribution in [0.2, 0.25) is 0 Å². The molecule has 1 aromatic heterocycles. The topological polar surface area (TPSA) is 79.7 Å². The van der Waals surface area contributed by atoms with Gasteiger partial charge in [0.05, 0.1) is 18.2 Å². The predicted molar refractivity (Wildman–Crippen MR) is 94.1 cm³/mol. The number of methoxy groups -OCH3 is 1. The number of carboxylic acid groups (broad SMARTS) is 1. The first-order valence-electron chi connectivity index (χ1n) is 8.42. The van der Waals surface area contributed by atoms with Gasteiger partial charge in [-0.25, -0.2) is 0 Å². The summed E-state index contributed by atoms with van der Waals surface area (Å²) in [6.07, 6.45) is 2.15. The highest BCUT2D eigenvalue weighted by Gasteiger charge is 2.29. The molecule has 1 aliphatic rings. The molecule has 1 N–H and O–H groups in total. The van der Waals surface area contributed by atoms with Gasteiger partial charge >= 0.3 is 5.97 Å². The largest absolute Gasteiger partial charge is 0.497 e. The first kappa shape index (κ1) is 17.2. The average Bonchev–Trinajstić information content (AvgIpc) is 3.42. The molecule has 2 aromatic rings. The Morgan fingerprint density at radius 3 is 2.60 bits per heavy atom. The van der Waals surface area contributed by atoms with E-state index >= 15 is 0 Å². The van der Waals surface area contributed by atoms with Gasteiger partial charge in [-0.15, -0.1) is 0 Å². The Morgan fingerprint density at radius 1 is 1.32 bits per heavy atom. The highest BCUT2D eigenvalue weighted by atomic mass is 16.5. The van der Waals surface area contributed by atoms with Gasteiger partial charge in [-0.1, -0.05) is 0 Å². The summed E-state index contributed by atoms with van der Waals surface area (Å²) in [4.78, 5) is 30.3. The Balaban J connectivity index is 2.13. The van der Waals surface area contributed by atoms with Crippen LogP contribution in [0.5, 0.6) is 5.75 Å². The first-order chi connectivity index (χ1) is 11.9. The van der Waals surface area contributed by atoms with Crippen molar-refractivity contribution in [2.45, 2.75) is 38.6 Å². The number of amides is 1. The van der Waals surface area contributed by atoms with Gasteiger partial charge in [-0.3, -0.25) is 14.6 Å². The van der Waals surface area contributed by atoms with Gasteiger partial charge in [0, 0.05) is 23.0 Å². The summed E-state index contributed by atoms with van der Waals surface area (Å²) in [5, 5.41) is 9.84. The summed E-state index contributed by atoms with van der Waals surface area (Å²) in [7, 11) is 1.57. The van der Waals surface area contributed by atoms with Crippen LogP contribution in [0, 0.1) is 0 Å². The van der Waals surface area contributed by atoms with Crippen LogP contribution in [0.15, 0.2) is 24.3 Å². The maximum Gasteiger partial charge on any atom is 0.323 e. The number of benzene rings is 1. The lowest BCUT2D eigenvalue weighted by Gasteiger charge is -2.25. The quantitative estimate of drug-likeness (QED) is 0.873. The number of aliphatic carboxylic acids is 1. The molecule has 6 heteroatoms. The molecule has 0 spiro atoms. The summed E-state index contributed by atoms with van der Waals surface area (Å²) >= 11 is 0. The van der Waals surface area contributed by atoms with Crippen LogP contribution in [0.4, 0.5) is 0 Å². The zero-order valence-electron chi connectivity index (χ0n) is 14.7. The number of aromatic nitrogens is 1. The molecule has 0 radical (unpaired) electrons. The first-order valence-corrected chi connectivity index (χ1v) is 8.42. The Hall–Kier alpha value is -2.63. The van der Waals surface area contributed by atoms with Crippen LogP contribution < -0.4 is 4.74 Å². The number of fused-ring (bicyclic) bond motifs is 1. The smallest absolute Gasteiger partial charge is 0.323 e. The van der Waals surface area contributed by atoms with E-state index in [0.717, 1.165) is 24.1 Å². The lowest BCUT2D eigenvalue weighted by atomic mass is 10.0. The molecule has 1 aliphatic carbocycles. The molecule has 6 nitrogen and oxygen atoms in total. The number of ether oxygens (including phenoxy) is 1. The molecule has 0 aliphatic heterocycles. The Kier molecular flexibility index (Phi) is 4.61. The van der Waals surface area contributed by atoms with Gasteiger partial charge in [0.1, 0.15) is 12.3 Å². The molecule has 1 amide bonds. The summed E-state index contributed by atoms with van der Waals surface area (Å²) in [6, 6.07) is 7.04. The van der Waals surface area contributed by atoms with E-state index in [0.29, 0.717) is 22.6 Å². The van der Waals surface area contributed by atoms with Crippen molar-refractivity contribution in [3.8, 4) is 5.75 Å². The molecule has 0 saturated heterocycles. The van der Waals surface area contributed by atoms with E-state index in [4.69, 9.17) is 9.84 Å². The van der Waals surface area contributed by atoms with Crippen molar-refractivity contribution < 1.29 is 19.4 Å². The maximum absolute atomic E-state index is 13.1. The molecule has 132 valence electrons. The predicted octanol–water partition coefficient (Wildman–Crippen LogP) is 3.06. The van der Waals surface area contributed by atoms with Gasteiger partial charge in [-0.2, -0.15) is 0 Å². The van der Waals surface area contributed by atoms with Crippen molar-refractivity contribution >= 4 is 22.8 Å². The number of pyridine rings is 1. The van der Waals surface area contributed by atoms with Gasteiger partial charge in [0.25, 0.3) is 5.91 Å². The van der Waals surface area contributed by atoms with Gasteiger partial charge in [0.2, 0.25) is 0 Å². The van der Waals surface area contributed by atoms with E-state index < -0.39 is 5.97 Å². The standard InChI is InChI=1S/C19H22N2O4/c1-11(2)21(10-18(22)23)19(24)15-9-17(12-4-5-12)20-16-7-6-13(25-3)8-14(15)16/h6-9,11-12H,4-5,10H2,1-3H3,(H,22,23).